The van der Waals surface area contributed by atoms with Crippen molar-refractivity contribution in [2.75, 3.05) is 31.6 Å². The molecule has 1 amide bonds. The van der Waals surface area contributed by atoms with Crippen LogP contribution in [-0.4, -0.2) is 46.5 Å². The molecule has 176 valence electrons. The van der Waals surface area contributed by atoms with Gasteiger partial charge in [-0.25, -0.2) is 8.42 Å². The van der Waals surface area contributed by atoms with Gasteiger partial charge in [0.2, 0.25) is 0 Å². The van der Waals surface area contributed by atoms with Crippen LogP contribution in [0.5, 0.6) is 11.5 Å². The molecule has 7 nitrogen and oxygen atoms in total. The molecule has 2 aromatic rings. The van der Waals surface area contributed by atoms with Gasteiger partial charge in [-0.3, -0.25) is 9.10 Å². The maximum absolute atomic E-state index is 13.9. The van der Waals surface area contributed by atoms with Gasteiger partial charge in [0.25, 0.3) is 15.9 Å². The summed E-state index contributed by atoms with van der Waals surface area (Å²) in [5, 5.41) is 0. The van der Waals surface area contributed by atoms with E-state index in [9.17, 15) is 13.2 Å². The zero-order valence-corrected chi connectivity index (χ0v) is 20.3. The topological polar surface area (TPSA) is 76.1 Å². The standard InChI is InChI=1S/C25H30N2O5S/c1-17-10-12-26(13-11-17)25(28)24-18(2)20-14-22(31-3)23(32-4)15-21(20)27(33(24,29)30)16-19-8-6-5-7-9-19/h5-9,14-15,17H,10-13,16H2,1-4H3. The third-order valence-electron chi connectivity index (χ3n) is 6.50. The van der Waals surface area contributed by atoms with E-state index in [1.807, 2.05) is 30.3 Å². The van der Waals surface area contributed by atoms with Crippen LogP contribution in [0, 0.1) is 5.92 Å². The van der Waals surface area contributed by atoms with Gasteiger partial charge < -0.3 is 14.4 Å². The number of benzene rings is 2. The molecule has 2 aliphatic heterocycles. The number of likely N-dealkylation sites (tertiary alicyclic amines) is 1. The zero-order chi connectivity index (χ0) is 23.8. The lowest BCUT2D eigenvalue weighted by molar-refractivity contribution is -0.127. The highest BCUT2D eigenvalue weighted by molar-refractivity contribution is 7.97. The lowest BCUT2D eigenvalue weighted by Gasteiger charge is -2.36. The molecule has 2 heterocycles. The fraction of sp³-hybridized carbons (Fsp3) is 0.400. The van der Waals surface area contributed by atoms with Gasteiger partial charge in [-0.1, -0.05) is 37.3 Å². The molecular weight excluding hydrogens is 440 g/mol. The number of piperidine rings is 1. The van der Waals surface area contributed by atoms with Gasteiger partial charge in [-0.2, -0.15) is 0 Å². The monoisotopic (exact) mass is 470 g/mol. The number of ether oxygens (including phenoxy) is 2. The number of hydrogen-bond acceptors (Lipinski definition) is 5. The van der Waals surface area contributed by atoms with Gasteiger partial charge in [-0.15, -0.1) is 0 Å². The van der Waals surface area contributed by atoms with Crippen LogP contribution < -0.4 is 13.8 Å². The largest absolute Gasteiger partial charge is 0.493 e. The fourth-order valence-electron chi connectivity index (χ4n) is 4.48. The molecule has 0 N–H and O–H groups in total. The second kappa shape index (κ2) is 9.09. The number of carbonyl (C=O) groups excluding carboxylic acids is 1. The van der Waals surface area contributed by atoms with Crippen molar-refractivity contribution in [2.45, 2.75) is 33.2 Å². The Hall–Kier alpha value is -3.00. The molecule has 0 saturated carbocycles. The Kier molecular flexibility index (Phi) is 6.38. The molecule has 0 aromatic heterocycles. The van der Waals surface area contributed by atoms with Gasteiger partial charge in [0.15, 0.2) is 16.4 Å². The average Bonchev–Trinajstić information content (AvgIpc) is 2.81. The van der Waals surface area contributed by atoms with Gasteiger partial charge in [0, 0.05) is 24.7 Å². The number of carbonyl (C=O) groups is 1. The fourth-order valence-corrected chi connectivity index (χ4v) is 6.27. The van der Waals surface area contributed by atoms with E-state index in [0.717, 1.165) is 18.4 Å². The van der Waals surface area contributed by atoms with Crippen LogP contribution in [0.3, 0.4) is 0 Å². The predicted molar refractivity (Wildman–Crippen MR) is 129 cm³/mol. The Bertz CT molecular complexity index is 1180. The first-order valence-corrected chi connectivity index (χ1v) is 12.5. The van der Waals surface area contributed by atoms with Gasteiger partial charge >= 0.3 is 0 Å². The molecule has 0 spiro atoms. The number of nitrogens with zero attached hydrogens (tertiary/aromatic N) is 2. The lowest BCUT2D eigenvalue weighted by Crippen LogP contribution is -2.44. The second-order valence-corrected chi connectivity index (χ2v) is 10.4. The van der Waals surface area contributed by atoms with E-state index in [1.54, 1.807) is 24.0 Å². The molecular formula is C25H30N2O5S. The molecule has 0 atom stereocenters. The Morgan fingerprint density at radius 2 is 1.64 bits per heavy atom. The van der Waals surface area contributed by atoms with Crippen LogP contribution in [-0.2, 0) is 21.4 Å². The summed E-state index contributed by atoms with van der Waals surface area (Å²) in [5.74, 6) is 1.00. The number of hydrogen-bond donors (Lipinski definition) is 0. The summed E-state index contributed by atoms with van der Waals surface area (Å²) < 4.78 is 40.1. The Labute approximate surface area is 195 Å². The molecule has 8 heteroatoms. The van der Waals surface area contributed by atoms with Crippen molar-refractivity contribution in [2.24, 2.45) is 5.92 Å². The van der Waals surface area contributed by atoms with Crippen molar-refractivity contribution in [3.05, 3.63) is 58.5 Å². The smallest absolute Gasteiger partial charge is 0.270 e. The van der Waals surface area contributed by atoms with Crippen molar-refractivity contribution in [3.8, 4) is 11.5 Å². The van der Waals surface area contributed by atoms with E-state index in [4.69, 9.17) is 9.47 Å². The molecule has 33 heavy (non-hydrogen) atoms. The van der Waals surface area contributed by atoms with Crippen LogP contribution in [0.25, 0.3) is 5.57 Å². The third-order valence-corrected chi connectivity index (χ3v) is 8.40. The van der Waals surface area contributed by atoms with Gasteiger partial charge in [-0.05, 0) is 42.9 Å². The third kappa shape index (κ3) is 4.19. The molecule has 0 radical (unpaired) electrons. The van der Waals surface area contributed by atoms with E-state index < -0.39 is 15.9 Å². The maximum Gasteiger partial charge on any atom is 0.270 e. The SMILES string of the molecule is COc1cc2c(cc1OC)N(Cc1ccccc1)S(=O)(=O)C(C(=O)N1CCC(C)CC1)=C2C. The summed E-state index contributed by atoms with van der Waals surface area (Å²) in [4.78, 5) is 15.1. The Morgan fingerprint density at radius 1 is 1.03 bits per heavy atom. The molecule has 0 aliphatic carbocycles. The summed E-state index contributed by atoms with van der Waals surface area (Å²) in [6, 6.07) is 12.8. The van der Waals surface area contributed by atoms with E-state index in [-0.39, 0.29) is 11.4 Å². The number of fused-ring (bicyclic) bond motifs is 1. The van der Waals surface area contributed by atoms with E-state index in [1.165, 1.54) is 18.5 Å². The van der Waals surface area contributed by atoms with E-state index in [2.05, 4.69) is 6.92 Å². The van der Waals surface area contributed by atoms with Crippen LogP contribution in [0.2, 0.25) is 0 Å². The maximum atomic E-state index is 13.9. The number of rotatable bonds is 5. The van der Waals surface area contributed by atoms with Crippen molar-refractivity contribution in [1.82, 2.24) is 4.90 Å². The quantitative estimate of drug-likeness (QED) is 0.659. The van der Waals surface area contributed by atoms with E-state index >= 15 is 0 Å². The number of amides is 1. The number of allylic oxidation sites excluding steroid dienone is 1. The summed E-state index contributed by atoms with van der Waals surface area (Å²) in [5.41, 5.74) is 2.36. The molecule has 0 bridgehead atoms. The van der Waals surface area contributed by atoms with Crippen molar-refractivity contribution in [1.29, 1.82) is 0 Å². The van der Waals surface area contributed by atoms with Crippen molar-refractivity contribution in [3.63, 3.8) is 0 Å². The summed E-state index contributed by atoms with van der Waals surface area (Å²) in [6.45, 7) is 5.07. The van der Waals surface area contributed by atoms with Gasteiger partial charge in [0.05, 0.1) is 26.5 Å². The molecule has 1 saturated heterocycles. The normalized spacial score (nSPS) is 18.2. The first-order chi connectivity index (χ1) is 15.8. The van der Waals surface area contributed by atoms with Crippen LogP contribution in [0.4, 0.5) is 5.69 Å². The van der Waals surface area contributed by atoms with Crippen molar-refractivity contribution < 1.29 is 22.7 Å². The Balaban J connectivity index is 1.88. The molecule has 0 unspecified atom stereocenters. The minimum Gasteiger partial charge on any atom is -0.493 e. The Morgan fingerprint density at radius 3 is 2.24 bits per heavy atom. The molecule has 1 fully saturated rings. The highest BCUT2D eigenvalue weighted by Gasteiger charge is 2.42. The minimum atomic E-state index is -4.11. The van der Waals surface area contributed by atoms with E-state index in [0.29, 0.717) is 47.3 Å². The summed E-state index contributed by atoms with van der Waals surface area (Å²) in [7, 11) is -1.06. The number of methoxy groups -OCH3 is 2. The molecule has 2 aliphatic rings. The number of anilines is 1. The highest BCUT2D eigenvalue weighted by atomic mass is 32.2. The number of sulfonamides is 1. The molecule has 2 aromatic carbocycles. The first kappa shape index (κ1) is 23.2. The molecule has 4 rings (SSSR count). The zero-order valence-electron chi connectivity index (χ0n) is 19.5. The minimum absolute atomic E-state index is 0.104. The van der Waals surface area contributed by atoms with Gasteiger partial charge in [0.1, 0.15) is 0 Å². The average molecular weight is 471 g/mol. The van der Waals surface area contributed by atoms with Crippen LogP contribution in [0.1, 0.15) is 37.8 Å². The first-order valence-electron chi connectivity index (χ1n) is 11.1. The second-order valence-electron chi connectivity index (χ2n) is 8.65. The van der Waals surface area contributed by atoms with Crippen molar-refractivity contribution >= 4 is 27.2 Å². The van der Waals surface area contributed by atoms with Crippen LogP contribution in [0.15, 0.2) is 47.4 Å². The van der Waals surface area contributed by atoms with Crippen LogP contribution >= 0.6 is 0 Å². The highest BCUT2D eigenvalue weighted by Crippen LogP contribution is 2.46. The summed E-state index contributed by atoms with van der Waals surface area (Å²) >= 11 is 0. The summed E-state index contributed by atoms with van der Waals surface area (Å²) in [6.07, 6.45) is 1.74. The lowest BCUT2D eigenvalue weighted by atomic mass is 9.98. The predicted octanol–water partition coefficient (Wildman–Crippen LogP) is 4.04.